The number of hydrogen-bond donors (Lipinski definition) is 1. The molecule has 1 aromatic carbocycles. The molecule has 23 heavy (non-hydrogen) atoms. The quantitative estimate of drug-likeness (QED) is 0.784. The maximum atomic E-state index is 12.6. The first-order valence-corrected chi connectivity index (χ1v) is 8.23. The van der Waals surface area contributed by atoms with E-state index in [0.29, 0.717) is 24.4 Å². The lowest BCUT2D eigenvalue weighted by Gasteiger charge is -2.16. The summed E-state index contributed by atoms with van der Waals surface area (Å²) in [4.78, 5) is 25.7. The monoisotopic (exact) mass is 319 g/mol. The van der Waals surface area contributed by atoms with Crippen LogP contribution in [0.15, 0.2) is 24.3 Å². The smallest absolute Gasteiger partial charge is 0.308 e. The number of carbonyl (C=O) groups excluding carboxylic acids is 1. The van der Waals surface area contributed by atoms with Crippen molar-refractivity contribution in [3.05, 3.63) is 29.8 Å². The van der Waals surface area contributed by atoms with Crippen LogP contribution < -0.4 is 4.74 Å². The molecule has 1 fully saturated rings. The number of methoxy groups -OCH3 is 1. The van der Waals surface area contributed by atoms with Gasteiger partial charge in [-0.2, -0.15) is 0 Å². The number of unbranched alkanes of at least 4 members (excludes halogenated alkanes) is 2. The molecule has 2 rings (SSSR count). The summed E-state index contributed by atoms with van der Waals surface area (Å²) in [5.41, 5.74) is 0.573. The predicted molar refractivity (Wildman–Crippen MR) is 87.7 cm³/mol. The van der Waals surface area contributed by atoms with Crippen LogP contribution in [0, 0.1) is 11.8 Å². The van der Waals surface area contributed by atoms with Crippen LogP contribution in [0.3, 0.4) is 0 Å². The van der Waals surface area contributed by atoms with Gasteiger partial charge in [0.15, 0.2) is 0 Å². The number of likely N-dealkylation sites (tertiary alicyclic amines) is 1. The van der Waals surface area contributed by atoms with Crippen LogP contribution in [-0.4, -0.2) is 42.1 Å². The highest BCUT2D eigenvalue weighted by atomic mass is 16.5. The molecule has 1 amide bonds. The van der Waals surface area contributed by atoms with Crippen molar-refractivity contribution in [3.8, 4) is 5.75 Å². The highest BCUT2D eigenvalue weighted by Gasteiger charge is 2.39. The Morgan fingerprint density at radius 1 is 1.22 bits per heavy atom. The van der Waals surface area contributed by atoms with Crippen LogP contribution in [0.2, 0.25) is 0 Å². The Labute approximate surface area is 137 Å². The molecule has 1 saturated heterocycles. The van der Waals surface area contributed by atoms with Gasteiger partial charge in [0.1, 0.15) is 5.75 Å². The van der Waals surface area contributed by atoms with Gasteiger partial charge >= 0.3 is 5.97 Å². The number of amides is 1. The van der Waals surface area contributed by atoms with Crippen molar-refractivity contribution in [2.45, 2.75) is 32.6 Å². The van der Waals surface area contributed by atoms with Crippen molar-refractivity contribution in [1.82, 2.24) is 4.90 Å². The first-order valence-electron chi connectivity index (χ1n) is 8.23. The summed E-state index contributed by atoms with van der Waals surface area (Å²) >= 11 is 0. The molecule has 1 aliphatic heterocycles. The molecule has 0 aromatic heterocycles. The second-order valence-corrected chi connectivity index (χ2v) is 6.14. The first-order chi connectivity index (χ1) is 11.1. The van der Waals surface area contributed by atoms with Crippen LogP contribution in [0.25, 0.3) is 0 Å². The molecular formula is C18H25NO4. The second-order valence-electron chi connectivity index (χ2n) is 6.14. The lowest BCUT2D eigenvalue weighted by molar-refractivity contribution is -0.142. The Balaban J connectivity index is 2.04. The van der Waals surface area contributed by atoms with Crippen LogP contribution >= 0.6 is 0 Å². The van der Waals surface area contributed by atoms with E-state index in [4.69, 9.17) is 4.74 Å². The summed E-state index contributed by atoms with van der Waals surface area (Å²) in [6, 6.07) is 6.94. The number of rotatable bonds is 7. The number of carboxylic acids is 1. The summed E-state index contributed by atoms with van der Waals surface area (Å²) < 4.78 is 5.09. The number of carboxylic acid groups (broad SMARTS) is 1. The molecule has 126 valence electrons. The summed E-state index contributed by atoms with van der Waals surface area (Å²) in [6.07, 6.45) is 4.11. The number of hydrogen-bond acceptors (Lipinski definition) is 3. The SMILES string of the molecule is CCCCCC1CN(C(=O)c2ccc(OC)cc2)CC1C(=O)O. The number of carbonyl (C=O) groups is 2. The molecule has 2 atom stereocenters. The number of aliphatic carboxylic acids is 1. The fraction of sp³-hybridized carbons (Fsp3) is 0.556. The molecule has 0 aliphatic carbocycles. The van der Waals surface area contributed by atoms with E-state index in [-0.39, 0.29) is 11.8 Å². The zero-order chi connectivity index (χ0) is 16.8. The van der Waals surface area contributed by atoms with E-state index < -0.39 is 11.9 Å². The average Bonchev–Trinajstić information content (AvgIpc) is 2.99. The molecule has 1 aromatic rings. The molecule has 2 unspecified atom stereocenters. The predicted octanol–water partition coefficient (Wildman–Crippen LogP) is 3.05. The van der Waals surface area contributed by atoms with E-state index in [1.54, 1.807) is 36.3 Å². The minimum Gasteiger partial charge on any atom is -0.497 e. The van der Waals surface area contributed by atoms with Crippen LogP contribution in [0.4, 0.5) is 0 Å². The van der Waals surface area contributed by atoms with Gasteiger partial charge in [-0.3, -0.25) is 9.59 Å². The van der Waals surface area contributed by atoms with Crippen LogP contribution in [0.5, 0.6) is 5.75 Å². The standard InChI is InChI=1S/C18H25NO4/c1-3-4-5-6-14-11-19(12-16(14)18(21)22)17(20)13-7-9-15(23-2)10-8-13/h7-10,14,16H,3-6,11-12H2,1-2H3,(H,21,22). The van der Waals surface area contributed by atoms with Gasteiger partial charge < -0.3 is 14.7 Å². The van der Waals surface area contributed by atoms with E-state index in [1.165, 1.54) is 0 Å². The molecule has 1 heterocycles. The fourth-order valence-electron chi connectivity index (χ4n) is 3.18. The van der Waals surface area contributed by atoms with E-state index in [9.17, 15) is 14.7 Å². The van der Waals surface area contributed by atoms with E-state index in [0.717, 1.165) is 25.7 Å². The maximum absolute atomic E-state index is 12.6. The zero-order valence-corrected chi connectivity index (χ0v) is 13.8. The summed E-state index contributed by atoms with van der Waals surface area (Å²) in [7, 11) is 1.58. The van der Waals surface area contributed by atoms with Gasteiger partial charge in [-0.15, -0.1) is 0 Å². The lowest BCUT2D eigenvalue weighted by Crippen LogP contribution is -2.29. The normalized spacial score (nSPS) is 20.5. The van der Waals surface area contributed by atoms with Gasteiger partial charge in [-0.1, -0.05) is 26.2 Å². The Bertz CT molecular complexity index is 540. The molecular weight excluding hydrogens is 294 g/mol. The molecule has 0 radical (unpaired) electrons. The van der Waals surface area contributed by atoms with Gasteiger partial charge in [0.25, 0.3) is 5.91 Å². The van der Waals surface area contributed by atoms with Gasteiger partial charge in [-0.05, 0) is 36.6 Å². The highest BCUT2D eigenvalue weighted by molar-refractivity contribution is 5.95. The largest absolute Gasteiger partial charge is 0.497 e. The Morgan fingerprint density at radius 3 is 2.48 bits per heavy atom. The minimum atomic E-state index is -0.795. The average molecular weight is 319 g/mol. The van der Waals surface area contributed by atoms with Crippen LogP contribution in [-0.2, 0) is 4.79 Å². The van der Waals surface area contributed by atoms with Crippen molar-refractivity contribution in [3.63, 3.8) is 0 Å². The zero-order valence-electron chi connectivity index (χ0n) is 13.8. The molecule has 0 bridgehead atoms. The van der Waals surface area contributed by atoms with Crippen molar-refractivity contribution >= 4 is 11.9 Å². The van der Waals surface area contributed by atoms with Crippen molar-refractivity contribution in [1.29, 1.82) is 0 Å². The third-order valence-electron chi connectivity index (χ3n) is 4.56. The van der Waals surface area contributed by atoms with E-state index in [1.807, 2.05) is 0 Å². The fourth-order valence-corrected chi connectivity index (χ4v) is 3.18. The molecule has 5 heteroatoms. The van der Waals surface area contributed by atoms with E-state index in [2.05, 4.69) is 6.92 Å². The Morgan fingerprint density at radius 2 is 1.91 bits per heavy atom. The van der Waals surface area contributed by atoms with Gasteiger partial charge in [0.2, 0.25) is 0 Å². The summed E-state index contributed by atoms with van der Waals surface area (Å²) in [5, 5.41) is 9.42. The Kier molecular flexibility index (Phi) is 6.02. The summed E-state index contributed by atoms with van der Waals surface area (Å²) in [6.45, 7) is 2.96. The second kappa shape index (κ2) is 7.99. The lowest BCUT2D eigenvalue weighted by atomic mass is 9.91. The molecule has 1 N–H and O–H groups in total. The van der Waals surface area contributed by atoms with Crippen LogP contribution in [0.1, 0.15) is 43.0 Å². The van der Waals surface area contributed by atoms with Gasteiger partial charge in [-0.25, -0.2) is 0 Å². The van der Waals surface area contributed by atoms with Crippen molar-refractivity contribution in [2.24, 2.45) is 11.8 Å². The molecule has 5 nitrogen and oxygen atoms in total. The molecule has 0 spiro atoms. The number of ether oxygens (including phenoxy) is 1. The molecule has 0 saturated carbocycles. The minimum absolute atomic E-state index is 0.0567. The first kappa shape index (κ1) is 17.3. The van der Waals surface area contributed by atoms with E-state index >= 15 is 0 Å². The highest BCUT2D eigenvalue weighted by Crippen LogP contribution is 2.29. The topological polar surface area (TPSA) is 66.8 Å². The third-order valence-corrected chi connectivity index (χ3v) is 4.56. The number of benzene rings is 1. The van der Waals surface area contributed by atoms with Crippen molar-refractivity contribution < 1.29 is 19.4 Å². The third kappa shape index (κ3) is 4.24. The van der Waals surface area contributed by atoms with Gasteiger partial charge in [0.05, 0.1) is 13.0 Å². The number of nitrogens with zero attached hydrogens (tertiary/aromatic N) is 1. The van der Waals surface area contributed by atoms with Crippen molar-refractivity contribution in [2.75, 3.05) is 20.2 Å². The summed E-state index contributed by atoms with van der Waals surface area (Å²) in [5.74, 6) is -0.590. The molecule has 1 aliphatic rings. The Hall–Kier alpha value is -2.04. The van der Waals surface area contributed by atoms with Gasteiger partial charge in [0, 0.05) is 18.7 Å². The maximum Gasteiger partial charge on any atom is 0.308 e.